The number of nitrogens with two attached hydrogens (primary N) is 1. The van der Waals surface area contributed by atoms with E-state index in [0.717, 1.165) is 5.25 Å². The van der Waals surface area contributed by atoms with Crippen molar-refractivity contribution in [2.45, 2.75) is 37.0 Å². The van der Waals surface area contributed by atoms with Crippen molar-refractivity contribution in [2.75, 3.05) is 26.4 Å². The fourth-order valence-corrected chi connectivity index (χ4v) is 3.25. The maximum absolute atomic E-state index is 5.93. The fraction of sp³-hybridized carbons (Fsp3) is 1.00. The average molecular weight is 202 g/mol. The van der Waals surface area contributed by atoms with E-state index in [9.17, 15) is 0 Å². The molecule has 0 aromatic heterocycles. The van der Waals surface area contributed by atoms with E-state index < -0.39 is 0 Å². The molecule has 2 unspecified atom stereocenters. The quantitative estimate of drug-likeness (QED) is 0.750. The zero-order valence-electron chi connectivity index (χ0n) is 8.83. The van der Waals surface area contributed by atoms with Gasteiger partial charge in [0.05, 0.1) is 0 Å². The topological polar surface area (TPSA) is 29.3 Å². The van der Waals surface area contributed by atoms with E-state index in [-0.39, 0.29) is 0 Å². The average Bonchev–Trinajstić information content (AvgIpc) is 2.03. The lowest BCUT2D eigenvalue weighted by Crippen LogP contribution is -2.29. The first-order valence-electron chi connectivity index (χ1n) is 5.20. The lowest BCUT2D eigenvalue weighted by atomic mass is 9.96. The number of nitrogens with zero attached hydrogens (tertiary/aromatic N) is 1. The van der Waals surface area contributed by atoms with Crippen LogP contribution in [-0.2, 0) is 0 Å². The maximum atomic E-state index is 5.93. The van der Waals surface area contributed by atoms with Crippen molar-refractivity contribution in [1.29, 1.82) is 0 Å². The van der Waals surface area contributed by atoms with Gasteiger partial charge >= 0.3 is 0 Å². The van der Waals surface area contributed by atoms with E-state index >= 15 is 0 Å². The summed E-state index contributed by atoms with van der Waals surface area (Å²) in [5, 5.41) is 0.837. The highest BCUT2D eigenvalue weighted by Gasteiger charge is 2.18. The summed E-state index contributed by atoms with van der Waals surface area (Å²) in [5.41, 5.74) is 5.93. The summed E-state index contributed by atoms with van der Waals surface area (Å²) >= 11 is 2.11. The molecule has 0 aromatic carbocycles. The molecule has 1 saturated carbocycles. The molecule has 0 spiro atoms. The van der Waals surface area contributed by atoms with Crippen molar-refractivity contribution in [3.8, 4) is 0 Å². The van der Waals surface area contributed by atoms with Crippen LogP contribution in [0, 0.1) is 0 Å². The molecular formula is C10H22N2S. The van der Waals surface area contributed by atoms with Crippen LogP contribution in [0.15, 0.2) is 0 Å². The minimum absolute atomic E-state index is 0.477. The van der Waals surface area contributed by atoms with Gasteiger partial charge in [0.2, 0.25) is 0 Å². The van der Waals surface area contributed by atoms with Crippen LogP contribution in [-0.4, -0.2) is 42.6 Å². The number of thioether (sulfide) groups is 1. The van der Waals surface area contributed by atoms with Gasteiger partial charge in [0.1, 0.15) is 0 Å². The third-order valence-electron chi connectivity index (χ3n) is 2.56. The van der Waals surface area contributed by atoms with E-state index in [1.807, 2.05) is 0 Å². The van der Waals surface area contributed by atoms with Gasteiger partial charge in [-0.3, -0.25) is 0 Å². The predicted octanol–water partition coefficient (Wildman–Crippen LogP) is 1.55. The third-order valence-corrected chi connectivity index (χ3v) is 3.88. The molecule has 0 heterocycles. The molecule has 13 heavy (non-hydrogen) atoms. The molecule has 0 bridgehead atoms. The Hall–Kier alpha value is 0.270. The Morgan fingerprint density at radius 2 is 2.15 bits per heavy atom. The second-order valence-corrected chi connectivity index (χ2v) is 5.63. The Balaban J connectivity index is 2.06. The normalized spacial score (nSPS) is 29.5. The van der Waals surface area contributed by atoms with Gasteiger partial charge in [0.25, 0.3) is 0 Å². The van der Waals surface area contributed by atoms with Crippen molar-refractivity contribution < 1.29 is 0 Å². The van der Waals surface area contributed by atoms with Gasteiger partial charge in [-0.1, -0.05) is 6.42 Å². The molecule has 0 aromatic rings. The zero-order chi connectivity index (χ0) is 9.68. The smallest absolute Gasteiger partial charge is 0.00663 e. The summed E-state index contributed by atoms with van der Waals surface area (Å²) in [4.78, 5) is 2.25. The van der Waals surface area contributed by atoms with Crippen LogP contribution in [0.25, 0.3) is 0 Å². The van der Waals surface area contributed by atoms with Crippen LogP contribution >= 0.6 is 11.8 Å². The summed E-state index contributed by atoms with van der Waals surface area (Å²) < 4.78 is 0. The Morgan fingerprint density at radius 1 is 1.38 bits per heavy atom. The van der Waals surface area contributed by atoms with Crippen molar-refractivity contribution in [1.82, 2.24) is 4.90 Å². The van der Waals surface area contributed by atoms with Gasteiger partial charge in [-0.25, -0.2) is 0 Å². The van der Waals surface area contributed by atoms with Gasteiger partial charge in [-0.2, -0.15) is 11.8 Å². The number of hydrogen-bond donors (Lipinski definition) is 1. The predicted molar refractivity (Wildman–Crippen MR) is 61.2 cm³/mol. The Morgan fingerprint density at radius 3 is 2.77 bits per heavy atom. The van der Waals surface area contributed by atoms with Gasteiger partial charge in [-0.05, 0) is 33.4 Å². The molecule has 1 aliphatic rings. The molecule has 2 N–H and O–H groups in total. The maximum Gasteiger partial charge on any atom is 0.00663 e. The highest BCUT2D eigenvalue weighted by molar-refractivity contribution is 7.99. The molecule has 1 aliphatic carbocycles. The standard InChI is InChI=1S/C10H22N2S/c1-12(2)6-7-13-10-5-3-4-9(11)8-10/h9-10H,3-8,11H2,1-2H3. The zero-order valence-corrected chi connectivity index (χ0v) is 9.65. The summed E-state index contributed by atoms with van der Waals surface area (Å²) in [6.07, 6.45) is 5.19. The number of hydrogen-bond acceptors (Lipinski definition) is 3. The van der Waals surface area contributed by atoms with Crippen LogP contribution in [0.2, 0.25) is 0 Å². The minimum Gasteiger partial charge on any atom is -0.328 e. The molecule has 2 nitrogen and oxygen atoms in total. The molecular weight excluding hydrogens is 180 g/mol. The molecule has 1 rings (SSSR count). The minimum atomic E-state index is 0.477. The third kappa shape index (κ3) is 4.89. The molecule has 1 fully saturated rings. The Bertz CT molecular complexity index is 139. The van der Waals surface area contributed by atoms with Crippen molar-refractivity contribution in [2.24, 2.45) is 5.73 Å². The van der Waals surface area contributed by atoms with E-state index in [0.29, 0.717) is 6.04 Å². The van der Waals surface area contributed by atoms with E-state index in [2.05, 4.69) is 30.8 Å². The molecule has 78 valence electrons. The Labute approximate surface area is 86.2 Å². The second-order valence-electron chi connectivity index (χ2n) is 4.22. The lowest BCUT2D eigenvalue weighted by molar-refractivity contribution is 0.433. The molecule has 0 saturated heterocycles. The van der Waals surface area contributed by atoms with E-state index in [4.69, 9.17) is 5.73 Å². The van der Waals surface area contributed by atoms with Crippen molar-refractivity contribution in [3.63, 3.8) is 0 Å². The summed E-state index contributed by atoms with van der Waals surface area (Å²) in [6.45, 7) is 1.19. The molecule has 2 atom stereocenters. The van der Waals surface area contributed by atoms with Crippen LogP contribution < -0.4 is 5.73 Å². The van der Waals surface area contributed by atoms with Crippen LogP contribution in [0.3, 0.4) is 0 Å². The Kier molecular flexibility index (Phi) is 5.14. The van der Waals surface area contributed by atoms with Crippen molar-refractivity contribution >= 4 is 11.8 Å². The monoisotopic (exact) mass is 202 g/mol. The molecule has 0 amide bonds. The fourth-order valence-electron chi connectivity index (χ4n) is 1.73. The molecule has 0 radical (unpaired) electrons. The highest BCUT2D eigenvalue weighted by atomic mass is 32.2. The van der Waals surface area contributed by atoms with E-state index in [1.54, 1.807) is 0 Å². The first kappa shape index (κ1) is 11.3. The second kappa shape index (κ2) is 5.89. The van der Waals surface area contributed by atoms with Gasteiger partial charge in [0.15, 0.2) is 0 Å². The van der Waals surface area contributed by atoms with E-state index in [1.165, 1.54) is 38.0 Å². The number of rotatable bonds is 4. The van der Waals surface area contributed by atoms with Gasteiger partial charge < -0.3 is 10.6 Å². The highest BCUT2D eigenvalue weighted by Crippen LogP contribution is 2.27. The SMILES string of the molecule is CN(C)CCSC1CCCC(N)C1. The first-order chi connectivity index (χ1) is 6.18. The van der Waals surface area contributed by atoms with Crippen LogP contribution in [0.4, 0.5) is 0 Å². The largest absolute Gasteiger partial charge is 0.328 e. The van der Waals surface area contributed by atoms with Crippen LogP contribution in [0.5, 0.6) is 0 Å². The van der Waals surface area contributed by atoms with Gasteiger partial charge in [0, 0.05) is 23.6 Å². The first-order valence-corrected chi connectivity index (χ1v) is 6.25. The summed E-state index contributed by atoms with van der Waals surface area (Å²) in [7, 11) is 4.26. The lowest BCUT2D eigenvalue weighted by Gasteiger charge is -2.26. The van der Waals surface area contributed by atoms with Gasteiger partial charge in [-0.15, -0.1) is 0 Å². The summed E-state index contributed by atoms with van der Waals surface area (Å²) in [5.74, 6) is 1.25. The van der Waals surface area contributed by atoms with Crippen LogP contribution in [0.1, 0.15) is 25.7 Å². The molecule has 3 heteroatoms. The molecule has 0 aliphatic heterocycles. The summed E-state index contributed by atoms with van der Waals surface area (Å²) in [6, 6.07) is 0.477. The van der Waals surface area contributed by atoms with Crippen molar-refractivity contribution in [3.05, 3.63) is 0 Å².